The van der Waals surface area contributed by atoms with E-state index >= 15 is 0 Å². The van der Waals surface area contributed by atoms with Gasteiger partial charge in [0, 0.05) is 25.1 Å². The van der Waals surface area contributed by atoms with Crippen molar-refractivity contribution in [3.05, 3.63) is 41.2 Å². The molecule has 2 aromatic heterocycles. The molecular formula is C13H17ClN4O. The topological polar surface area (TPSA) is 62.7 Å². The van der Waals surface area contributed by atoms with E-state index in [1.165, 1.54) is 0 Å². The number of H-pyrrole nitrogens is 1. The van der Waals surface area contributed by atoms with E-state index in [1.54, 1.807) is 24.7 Å². The summed E-state index contributed by atoms with van der Waals surface area (Å²) in [5.74, 6) is 0.619. The van der Waals surface area contributed by atoms with E-state index in [-0.39, 0.29) is 11.9 Å². The molecule has 2 aromatic rings. The van der Waals surface area contributed by atoms with Crippen LogP contribution in [0.25, 0.3) is 0 Å². The quantitative estimate of drug-likeness (QED) is 0.885. The second-order valence-electron chi connectivity index (χ2n) is 4.24. The number of aromatic nitrogens is 3. The van der Waals surface area contributed by atoms with Crippen molar-refractivity contribution in [2.45, 2.75) is 32.9 Å². The van der Waals surface area contributed by atoms with Crippen molar-refractivity contribution in [2.24, 2.45) is 0 Å². The average molecular weight is 281 g/mol. The Morgan fingerprint density at radius 1 is 1.58 bits per heavy atom. The number of aromatic amines is 1. The van der Waals surface area contributed by atoms with E-state index in [2.05, 4.69) is 15.3 Å². The third-order valence-electron chi connectivity index (χ3n) is 3.00. The number of halogens is 1. The number of nitrogens with one attached hydrogen (secondary N) is 2. The Morgan fingerprint density at radius 2 is 2.37 bits per heavy atom. The molecule has 0 spiro atoms. The summed E-state index contributed by atoms with van der Waals surface area (Å²) in [5, 5.41) is 3.53. The molecule has 0 aromatic carbocycles. The van der Waals surface area contributed by atoms with E-state index in [0.29, 0.717) is 17.3 Å². The maximum Gasteiger partial charge on any atom is 0.268 e. The minimum absolute atomic E-state index is 0.124. The molecule has 6 heteroatoms. The molecule has 0 aliphatic rings. The van der Waals surface area contributed by atoms with Crippen molar-refractivity contribution < 1.29 is 4.79 Å². The Labute approximate surface area is 117 Å². The smallest absolute Gasteiger partial charge is 0.268 e. The monoisotopic (exact) mass is 280 g/mol. The highest BCUT2D eigenvalue weighted by atomic mass is 35.5. The van der Waals surface area contributed by atoms with Crippen molar-refractivity contribution in [3.63, 3.8) is 0 Å². The van der Waals surface area contributed by atoms with Gasteiger partial charge in [-0.3, -0.25) is 4.79 Å². The summed E-state index contributed by atoms with van der Waals surface area (Å²) in [5.41, 5.74) is 0.567. The first-order chi connectivity index (χ1) is 9.15. The molecule has 19 heavy (non-hydrogen) atoms. The first-order valence-electron chi connectivity index (χ1n) is 6.31. The molecule has 1 atom stereocenters. The van der Waals surface area contributed by atoms with Crippen molar-refractivity contribution in [1.29, 1.82) is 0 Å². The summed E-state index contributed by atoms with van der Waals surface area (Å²) in [7, 11) is 0. The first kappa shape index (κ1) is 13.7. The average Bonchev–Trinajstić information content (AvgIpc) is 3.04. The fraction of sp³-hybridized carbons (Fsp3) is 0.385. The van der Waals surface area contributed by atoms with Crippen LogP contribution in [0.2, 0.25) is 5.02 Å². The maximum atomic E-state index is 12.3. The Hall–Kier alpha value is -1.75. The predicted molar refractivity (Wildman–Crippen MR) is 74.2 cm³/mol. The number of hydrogen-bond donors (Lipinski definition) is 2. The molecule has 0 radical (unpaired) electrons. The Balaban J connectivity index is 2.15. The molecule has 102 valence electrons. The van der Waals surface area contributed by atoms with Gasteiger partial charge < -0.3 is 14.9 Å². The molecule has 2 heterocycles. The molecule has 0 fully saturated rings. The second kappa shape index (κ2) is 5.93. The minimum Gasteiger partial charge on any atom is -0.347 e. The van der Waals surface area contributed by atoms with Gasteiger partial charge in [0.15, 0.2) is 0 Å². The normalized spacial score (nSPS) is 12.4. The largest absolute Gasteiger partial charge is 0.347 e. The number of carbonyl (C=O) groups is 1. The predicted octanol–water partition coefficient (Wildman–Crippen LogP) is 2.77. The van der Waals surface area contributed by atoms with E-state index in [1.807, 2.05) is 18.4 Å². The third-order valence-corrected chi connectivity index (χ3v) is 3.21. The van der Waals surface area contributed by atoms with Crippen LogP contribution < -0.4 is 5.32 Å². The van der Waals surface area contributed by atoms with Gasteiger partial charge >= 0.3 is 0 Å². The van der Waals surface area contributed by atoms with Crippen LogP contribution in [0.3, 0.4) is 0 Å². The van der Waals surface area contributed by atoms with Gasteiger partial charge in [-0.1, -0.05) is 18.5 Å². The van der Waals surface area contributed by atoms with E-state index in [9.17, 15) is 4.79 Å². The van der Waals surface area contributed by atoms with E-state index in [4.69, 9.17) is 11.6 Å². The number of aryl methyl sites for hydroxylation is 1. The maximum absolute atomic E-state index is 12.3. The lowest BCUT2D eigenvalue weighted by molar-refractivity contribution is 0.0924. The zero-order valence-corrected chi connectivity index (χ0v) is 11.7. The lowest BCUT2D eigenvalue weighted by atomic mass is 10.2. The van der Waals surface area contributed by atoms with Gasteiger partial charge in [0.05, 0.1) is 11.1 Å². The molecule has 0 saturated carbocycles. The highest BCUT2D eigenvalue weighted by Crippen LogP contribution is 2.17. The van der Waals surface area contributed by atoms with Crippen LogP contribution >= 0.6 is 11.6 Å². The molecule has 0 saturated heterocycles. The molecule has 0 aliphatic carbocycles. The van der Waals surface area contributed by atoms with Gasteiger partial charge in [-0.05, 0) is 19.4 Å². The van der Waals surface area contributed by atoms with Crippen LogP contribution in [0.4, 0.5) is 0 Å². The summed E-state index contributed by atoms with van der Waals surface area (Å²) in [6, 6.07) is 1.55. The van der Waals surface area contributed by atoms with Gasteiger partial charge in [-0.2, -0.15) is 0 Å². The SMILES string of the molecule is CCC(NC(=O)c1cc(Cl)cn1CC)c1ncc[nH]1. The zero-order valence-electron chi connectivity index (χ0n) is 11.0. The minimum atomic E-state index is -0.142. The molecule has 2 rings (SSSR count). The Bertz CT molecular complexity index is 547. The fourth-order valence-corrected chi connectivity index (χ4v) is 2.21. The number of carbonyl (C=O) groups excluding carboxylic acids is 1. The molecule has 2 N–H and O–H groups in total. The van der Waals surface area contributed by atoms with Gasteiger partial charge in [-0.15, -0.1) is 0 Å². The molecule has 0 bridgehead atoms. The highest BCUT2D eigenvalue weighted by Gasteiger charge is 2.18. The summed E-state index contributed by atoms with van der Waals surface area (Å²) in [6.45, 7) is 4.67. The number of nitrogens with zero attached hydrogens (tertiary/aromatic N) is 2. The lowest BCUT2D eigenvalue weighted by Crippen LogP contribution is -2.30. The van der Waals surface area contributed by atoms with Gasteiger partial charge in [-0.25, -0.2) is 4.98 Å². The number of imidazole rings is 1. The van der Waals surface area contributed by atoms with Crippen LogP contribution in [-0.2, 0) is 6.54 Å². The molecule has 1 unspecified atom stereocenters. The van der Waals surface area contributed by atoms with E-state index < -0.39 is 0 Å². The molecular weight excluding hydrogens is 264 g/mol. The Kier molecular flexibility index (Phi) is 4.27. The van der Waals surface area contributed by atoms with E-state index in [0.717, 1.165) is 12.2 Å². The summed E-state index contributed by atoms with van der Waals surface area (Å²) >= 11 is 5.94. The molecule has 0 aliphatic heterocycles. The van der Waals surface area contributed by atoms with Crippen molar-refractivity contribution in [3.8, 4) is 0 Å². The zero-order chi connectivity index (χ0) is 13.8. The summed E-state index contributed by atoms with van der Waals surface area (Å²) in [4.78, 5) is 19.5. The standard InChI is InChI=1S/C13H17ClN4O/c1-3-10(12-15-5-6-16-12)17-13(19)11-7-9(14)8-18(11)4-2/h5-8,10H,3-4H2,1-2H3,(H,15,16)(H,17,19). The lowest BCUT2D eigenvalue weighted by Gasteiger charge is -2.15. The number of hydrogen-bond acceptors (Lipinski definition) is 2. The number of amides is 1. The van der Waals surface area contributed by atoms with Gasteiger partial charge in [0.1, 0.15) is 11.5 Å². The van der Waals surface area contributed by atoms with Crippen LogP contribution in [-0.4, -0.2) is 20.4 Å². The van der Waals surface area contributed by atoms with Crippen molar-refractivity contribution >= 4 is 17.5 Å². The molecule has 5 nitrogen and oxygen atoms in total. The molecule has 1 amide bonds. The van der Waals surface area contributed by atoms with Gasteiger partial charge in [0.25, 0.3) is 5.91 Å². The van der Waals surface area contributed by atoms with Crippen LogP contribution in [0, 0.1) is 0 Å². The number of rotatable bonds is 5. The fourth-order valence-electron chi connectivity index (χ4n) is 1.99. The summed E-state index contributed by atoms with van der Waals surface area (Å²) < 4.78 is 1.83. The third kappa shape index (κ3) is 2.98. The second-order valence-corrected chi connectivity index (χ2v) is 4.67. The van der Waals surface area contributed by atoms with Crippen molar-refractivity contribution in [1.82, 2.24) is 19.9 Å². The van der Waals surface area contributed by atoms with Crippen LogP contribution in [0.1, 0.15) is 42.6 Å². The van der Waals surface area contributed by atoms with Crippen molar-refractivity contribution in [2.75, 3.05) is 0 Å². The van der Waals surface area contributed by atoms with Crippen LogP contribution in [0.15, 0.2) is 24.7 Å². The van der Waals surface area contributed by atoms with Crippen LogP contribution in [0.5, 0.6) is 0 Å². The Morgan fingerprint density at radius 3 is 2.95 bits per heavy atom. The summed E-state index contributed by atoms with van der Waals surface area (Å²) in [6.07, 6.45) is 5.94. The first-order valence-corrected chi connectivity index (χ1v) is 6.69. The highest BCUT2D eigenvalue weighted by molar-refractivity contribution is 6.31. The van der Waals surface area contributed by atoms with Gasteiger partial charge in [0.2, 0.25) is 0 Å².